The van der Waals surface area contributed by atoms with E-state index in [1.807, 2.05) is 24.3 Å². The van der Waals surface area contributed by atoms with Crippen LogP contribution in [0.15, 0.2) is 34.8 Å². The van der Waals surface area contributed by atoms with E-state index in [0.29, 0.717) is 10.3 Å². The fourth-order valence-electron chi connectivity index (χ4n) is 1.92. The Bertz CT molecular complexity index is 841. The predicted molar refractivity (Wildman–Crippen MR) is 93.5 cm³/mol. The highest BCUT2D eigenvalue weighted by Gasteiger charge is 2.13. The minimum atomic E-state index is -0.495. The Kier molecular flexibility index (Phi) is 5.11. The number of carbonyl (C=O) groups excluding carboxylic acids is 2. The second-order valence-corrected chi connectivity index (χ2v) is 6.48. The van der Waals surface area contributed by atoms with Crippen LogP contribution in [0.2, 0.25) is 0 Å². The number of esters is 1. The van der Waals surface area contributed by atoms with Crippen LogP contribution in [-0.2, 0) is 9.53 Å². The maximum atomic E-state index is 12.0. The molecule has 3 aromatic rings. The standard InChI is InChI=1S/C15H14N4O3S2/c1-2-22-13(21)11-7-23-15(18-11)19-12(20)8-24-14-16-9-5-3-4-6-10(9)17-14/h3-7H,2,8H2,1H3,(H,16,17)(H,18,19,20). The number of carbonyl (C=O) groups is 2. The Morgan fingerprint density at radius 1 is 1.33 bits per heavy atom. The van der Waals surface area contributed by atoms with Crippen molar-refractivity contribution in [3.05, 3.63) is 35.3 Å². The van der Waals surface area contributed by atoms with Crippen molar-refractivity contribution >= 4 is 51.1 Å². The number of para-hydroxylation sites is 2. The average Bonchev–Trinajstić information content (AvgIpc) is 3.19. The number of thioether (sulfide) groups is 1. The smallest absolute Gasteiger partial charge is 0.357 e. The summed E-state index contributed by atoms with van der Waals surface area (Å²) in [6, 6.07) is 7.67. The minimum Gasteiger partial charge on any atom is -0.461 e. The molecule has 0 saturated carbocycles. The molecule has 124 valence electrons. The monoisotopic (exact) mass is 362 g/mol. The summed E-state index contributed by atoms with van der Waals surface area (Å²) in [4.78, 5) is 35.1. The van der Waals surface area contributed by atoms with Gasteiger partial charge in [0.25, 0.3) is 0 Å². The number of ether oxygens (including phenoxy) is 1. The average molecular weight is 362 g/mol. The maximum Gasteiger partial charge on any atom is 0.357 e. The third kappa shape index (κ3) is 3.92. The predicted octanol–water partition coefficient (Wildman–Crippen LogP) is 2.93. The first-order chi connectivity index (χ1) is 11.7. The van der Waals surface area contributed by atoms with E-state index in [2.05, 4.69) is 20.3 Å². The SMILES string of the molecule is CCOC(=O)c1csc(NC(=O)CSc2nc3ccccc3[nH]2)n1. The summed E-state index contributed by atoms with van der Waals surface area (Å²) >= 11 is 2.48. The Hall–Kier alpha value is -2.39. The molecule has 3 rings (SSSR count). The largest absolute Gasteiger partial charge is 0.461 e. The van der Waals surface area contributed by atoms with Gasteiger partial charge in [-0.3, -0.25) is 4.79 Å². The van der Waals surface area contributed by atoms with E-state index in [1.165, 1.54) is 23.1 Å². The molecule has 0 radical (unpaired) electrons. The number of hydrogen-bond acceptors (Lipinski definition) is 7. The molecule has 2 heterocycles. The van der Waals surface area contributed by atoms with Crippen molar-refractivity contribution in [1.82, 2.24) is 15.0 Å². The molecule has 9 heteroatoms. The van der Waals surface area contributed by atoms with Gasteiger partial charge in [0.1, 0.15) is 0 Å². The number of nitrogens with zero attached hydrogens (tertiary/aromatic N) is 2. The van der Waals surface area contributed by atoms with Gasteiger partial charge in [-0.15, -0.1) is 11.3 Å². The van der Waals surface area contributed by atoms with Crippen LogP contribution in [0.5, 0.6) is 0 Å². The van der Waals surface area contributed by atoms with Crippen molar-refractivity contribution in [3.63, 3.8) is 0 Å². The highest BCUT2D eigenvalue weighted by Crippen LogP contribution is 2.20. The molecule has 0 aliphatic rings. The number of nitrogens with one attached hydrogen (secondary N) is 2. The van der Waals surface area contributed by atoms with E-state index in [9.17, 15) is 9.59 Å². The first kappa shape index (κ1) is 16.5. The van der Waals surface area contributed by atoms with Crippen molar-refractivity contribution in [1.29, 1.82) is 0 Å². The lowest BCUT2D eigenvalue weighted by atomic mass is 10.3. The summed E-state index contributed by atoms with van der Waals surface area (Å²) in [5.41, 5.74) is 1.99. The van der Waals surface area contributed by atoms with E-state index in [-0.39, 0.29) is 24.0 Å². The van der Waals surface area contributed by atoms with Crippen molar-refractivity contribution in [2.24, 2.45) is 0 Å². The van der Waals surface area contributed by atoms with Gasteiger partial charge in [-0.25, -0.2) is 14.8 Å². The molecule has 0 bridgehead atoms. The number of fused-ring (bicyclic) bond motifs is 1. The Balaban J connectivity index is 1.55. The van der Waals surface area contributed by atoms with Crippen molar-refractivity contribution in [2.45, 2.75) is 12.1 Å². The fraction of sp³-hybridized carbons (Fsp3) is 0.200. The number of aromatic nitrogens is 3. The van der Waals surface area contributed by atoms with Gasteiger partial charge in [0, 0.05) is 5.38 Å². The number of benzene rings is 1. The van der Waals surface area contributed by atoms with Gasteiger partial charge in [-0.2, -0.15) is 0 Å². The van der Waals surface area contributed by atoms with Crippen LogP contribution in [0.25, 0.3) is 11.0 Å². The Morgan fingerprint density at radius 2 is 2.17 bits per heavy atom. The number of thiazole rings is 1. The van der Waals surface area contributed by atoms with Crippen LogP contribution < -0.4 is 5.32 Å². The van der Waals surface area contributed by atoms with E-state index >= 15 is 0 Å². The number of rotatable bonds is 6. The molecule has 1 aromatic carbocycles. The number of aromatic amines is 1. The molecule has 0 spiro atoms. The number of anilines is 1. The van der Waals surface area contributed by atoms with Crippen LogP contribution in [-0.4, -0.2) is 39.2 Å². The summed E-state index contributed by atoms with van der Waals surface area (Å²) in [6.07, 6.45) is 0. The molecule has 0 saturated heterocycles. The van der Waals surface area contributed by atoms with Crippen molar-refractivity contribution in [3.8, 4) is 0 Å². The lowest BCUT2D eigenvalue weighted by Crippen LogP contribution is -2.14. The molecule has 0 unspecified atom stereocenters. The maximum absolute atomic E-state index is 12.0. The second-order valence-electron chi connectivity index (χ2n) is 4.65. The zero-order valence-corrected chi connectivity index (χ0v) is 14.4. The third-order valence-corrected chi connectivity index (χ3v) is 4.57. The fourth-order valence-corrected chi connectivity index (χ4v) is 3.30. The summed E-state index contributed by atoms with van der Waals surface area (Å²) in [5, 5.41) is 5.26. The summed E-state index contributed by atoms with van der Waals surface area (Å²) in [5.74, 6) is -0.523. The zero-order valence-electron chi connectivity index (χ0n) is 12.7. The first-order valence-corrected chi connectivity index (χ1v) is 9.02. The molecular formula is C15H14N4O3S2. The van der Waals surface area contributed by atoms with Crippen molar-refractivity contribution < 1.29 is 14.3 Å². The van der Waals surface area contributed by atoms with Gasteiger partial charge in [-0.1, -0.05) is 23.9 Å². The summed E-state index contributed by atoms with van der Waals surface area (Å²) < 4.78 is 4.86. The van der Waals surface area contributed by atoms with Crippen LogP contribution in [0.3, 0.4) is 0 Å². The highest BCUT2D eigenvalue weighted by atomic mass is 32.2. The lowest BCUT2D eigenvalue weighted by molar-refractivity contribution is -0.113. The topological polar surface area (TPSA) is 97.0 Å². The van der Waals surface area contributed by atoms with Gasteiger partial charge >= 0.3 is 5.97 Å². The molecule has 7 nitrogen and oxygen atoms in total. The molecule has 0 aliphatic heterocycles. The number of imidazole rings is 1. The normalized spacial score (nSPS) is 10.7. The van der Waals surface area contributed by atoms with Gasteiger partial charge in [0.15, 0.2) is 16.0 Å². The number of hydrogen-bond donors (Lipinski definition) is 2. The zero-order chi connectivity index (χ0) is 16.9. The summed E-state index contributed by atoms with van der Waals surface area (Å²) in [7, 11) is 0. The quantitative estimate of drug-likeness (QED) is 0.517. The van der Waals surface area contributed by atoms with Gasteiger partial charge in [0.2, 0.25) is 5.91 Å². The number of H-pyrrole nitrogens is 1. The van der Waals surface area contributed by atoms with Crippen LogP contribution in [0.1, 0.15) is 17.4 Å². The second kappa shape index (κ2) is 7.45. The molecule has 24 heavy (non-hydrogen) atoms. The molecule has 1 amide bonds. The molecule has 0 fully saturated rings. The Morgan fingerprint density at radius 3 is 2.96 bits per heavy atom. The highest BCUT2D eigenvalue weighted by molar-refractivity contribution is 7.99. The van der Waals surface area contributed by atoms with Gasteiger partial charge in [0.05, 0.1) is 23.4 Å². The number of amides is 1. The van der Waals surface area contributed by atoms with E-state index in [0.717, 1.165) is 11.0 Å². The molecular weight excluding hydrogens is 348 g/mol. The van der Waals surface area contributed by atoms with E-state index in [1.54, 1.807) is 12.3 Å². The lowest BCUT2D eigenvalue weighted by Gasteiger charge is -2.00. The first-order valence-electron chi connectivity index (χ1n) is 7.15. The van der Waals surface area contributed by atoms with Crippen LogP contribution in [0, 0.1) is 0 Å². The third-order valence-electron chi connectivity index (χ3n) is 2.94. The van der Waals surface area contributed by atoms with Crippen LogP contribution >= 0.6 is 23.1 Å². The Labute approximate surface area is 145 Å². The van der Waals surface area contributed by atoms with Gasteiger partial charge in [-0.05, 0) is 19.1 Å². The van der Waals surface area contributed by atoms with E-state index in [4.69, 9.17) is 4.74 Å². The summed E-state index contributed by atoms with van der Waals surface area (Å²) in [6.45, 7) is 2.01. The van der Waals surface area contributed by atoms with E-state index < -0.39 is 5.97 Å². The van der Waals surface area contributed by atoms with Crippen LogP contribution in [0.4, 0.5) is 5.13 Å². The minimum absolute atomic E-state index is 0.189. The molecule has 0 atom stereocenters. The molecule has 0 aliphatic carbocycles. The van der Waals surface area contributed by atoms with Gasteiger partial charge < -0.3 is 15.0 Å². The van der Waals surface area contributed by atoms with Crippen molar-refractivity contribution in [2.75, 3.05) is 17.7 Å². The molecule has 2 N–H and O–H groups in total. The molecule has 2 aromatic heterocycles.